The molecule has 0 N–H and O–H groups in total. The van der Waals surface area contributed by atoms with E-state index in [-0.39, 0.29) is 0 Å². The van der Waals surface area contributed by atoms with Gasteiger partial charge in [-0.2, -0.15) is 0 Å². The zero-order valence-corrected chi connectivity index (χ0v) is 19.9. The van der Waals surface area contributed by atoms with Crippen LogP contribution in [0.15, 0.2) is 23.8 Å². The minimum atomic E-state index is 0.294. The Kier molecular flexibility index (Phi) is 5.44. The van der Waals surface area contributed by atoms with Gasteiger partial charge in [0.15, 0.2) is 5.78 Å². The minimum absolute atomic E-state index is 0.294. The monoisotopic (exact) mass is 396 g/mol. The molecule has 7 unspecified atom stereocenters. The molecule has 0 heterocycles. The van der Waals surface area contributed by atoms with Crippen molar-refractivity contribution in [2.75, 3.05) is 0 Å². The van der Waals surface area contributed by atoms with Gasteiger partial charge in [0.05, 0.1) is 0 Å². The highest BCUT2D eigenvalue weighted by molar-refractivity contribution is 5.91. The van der Waals surface area contributed by atoms with Crippen LogP contribution in [-0.2, 0) is 4.79 Å². The van der Waals surface area contributed by atoms with Gasteiger partial charge in [-0.1, -0.05) is 59.3 Å². The van der Waals surface area contributed by atoms with Crippen LogP contribution in [0.3, 0.4) is 0 Å². The number of fused-ring (bicyclic) bond motifs is 5. The fourth-order valence-corrected chi connectivity index (χ4v) is 8.56. The van der Waals surface area contributed by atoms with Crippen LogP contribution in [0.5, 0.6) is 0 Å². The van der Waals surface area contributed by atoms with Crippen molar-refractivity contribution < 1.29 is 4.79 Å². The summed E-state index contributed by atoms with van der Waals surface area (Å²) in [7, 11) is 0. The van der Waals surface area contributed by atoms with E-state index in [0.29, 0.717) is 27.9 Å². The Hall–Kier alpha value is -0.850. The van der Waals surface area contributed by atoms with E-state index in [2.05, 4.69) is 59.8 Å². The van der Waals surface area contributed by atoms with E-state index in [9.17, 15) is 4.79 Å². The van der Waals surface area contributed by atoms with Gasteiger partial charge in [0.25, 0.3) is 0 Å². The van der Waals surface area contributed by atoms with Crippen molar-refractivity contribution in [1.29, 1.82) is 0 Å². The number of carbonyl (C=O) groups excluding carboxylic acids is 1. The maximum Gasteiger partial charge on any atom is 0.155 e. The lowest BCUT2D eigenvalue weighted by Crippen LogP contribution is -2.55. The fourth-order valence-electron chi connectivity index (χ4n) is 8.56. The SMILES string of the molecule is CC(C)CC=CC(C)C1CCC2(C)C3CCC4=CC(=O)CCC4(C)C3CCC12C. The number of ketones is 1. The molecule has 3 fully saturated rings. The molecule has 1 heteroatoms. The first-order valence-corrected chi connectivity index (χ1v) is 12.5. The predicted octanol–water partition coefficient (Wildman–Crippen LogP) is 7.76. The van der Waals surface area contributed by atoms with Crippen LogP contribution >= 0.6 is 0 Å². The molecule has 0 aliphatic heterocycles. The first-order chi connectivity index (χ1) is 13.6. The lowest BCUT2D eigenvalue weighted by Gasteiger charge is -2.63. The Morgan fingerprint density at radius 3 is 2.41 bits per heavy atom. The van der Waals surface area contributed by atoms with Crippen molar-refractivity contribution in [3.63, 3.8) is 0 Å². The largest absolute Gasteiger partial charge is 0.295 e. The Balaban J connectivity index is 1.59. The molecule has 4 aliphatic rings. The number of hydrogen-bond donors (Lipinski definition) is 0. The van der Waals surface area contributed by atoms with Gasteiger partial charge in [0, 0.05) is 6.42 Å². The number of allylic oxidation sites excluding steroid dienone is 3. The molecule has 0 saturated heterocycles. The van der Waals surface area contributed by atoms with E-state index >= 15 is 0 Å². The number of carbonyl (C=O) groups is 1. The van der Waals surface area contributed by atoms with Gasteiger partial charge in [-0.15, -0.1) is 0 Å². The van der Waals surface area contributed by atoms with E-state index in [1.807, 2.05) is 0 Å². The van der Waals surface area contributed by atoms with Crippen LogP contribution in [0.25, 0.3) is 0 Å². The fraction of sp³-hybridized carbons (Fsp3) is 0.821. The maximum atomic E-state index is 12.1. The molecule has 4 rings (SSSR count). The number of hydrogen-bond acceptors (Lipinski definition) is 1. The van der Waals surface area contributed by atoms with Crippen molar-refractivity contribution in [3.8, 4) is 0 Å². The molecule has 0 radical (unpaired) electrons. The molecule has 4 aliphatic carbocycles. The minimum Gasteiger partial charge on any atom is -0.295 e. The lowest BCUT2D eigenvalue weighted by atomic mass is 9.41. The third-order valence-electron chi connectivity index (χ3n) is 10.6. The second-order valence-electron chi connectivity index (χ2n) is 12.2. The average molecular weight is 397 g/mol. The van der Waals surface area contributed by atoms with E-state index in [1.165, 1.54) is 50.5 Å². The molecule has 0 aromatic carbocycles. The Bertz CT molecular complexity index is 714. The van der Waals surface area contributed by atoms with Crippen LogP contribution in [0.1, 0.15) is 99.3 Å². The highest BCUT2D eigenvalue weighted by Gasteiger charge is 2.64. The third kappa shape index (κ3) is 3.21. The zero-order valence-electron chi connectivity index (χ0n) is 19.9. The van der Waals surface area contributed by atoms with Crippen molar-refractivity contribution in [2.24, 2.45) is 45.8 Å². The highest BCUT2D eigenvalue weighted by atomic mass is 16.1. The highest BCUT2D eigenvalue weighted by Crippen LogP contribution is 2.72. The topological polar surface area (TPSA) is 17.1 Å². The molecule has 0 bridgehead atoms. The molecule has 1 nitrogen and oxygen atoms in total. The van der Waals surface area contributed by atoms with Gasteiger partial charge < -0.3 is 0 Å². The molecule has 0 spiro atoms. The summed E-state index contributed by atoms with van der Waals surface area (Å²) < 4.78 is 0. The molecular formula is C28H44O. The van der Waals surface area contributed by atoms with E-state index < -0.39 is 0 Å². The van der Waals surface area contributed by atoms with Crippen molar-refractivity contribution >= 4 is 5.78 Å². The summed E-state index contributed by atoms with van der Waals surface area (Å²) in [6, 6.07) is 0. The summed E-state index contributed by atoms with van der Waals surface area (Å²) >= 11 is 0. The summed E-state index contributed by atoms with van der Waals surface area (Å²) in [4.78, 5) is 12.1. The Morgan fingerprint density at radius 1 is 0.966 bits per heavy atom. The summed E-state index contributed by atoms with van der Waals surface area (Å²) in [5.41, 5.74) is 2.73. The number of rotatable bonds is 4. The van der Waals surface area contributed by atoms with Crippen LogP contribution in [-0.4, -0.2) is 5.78 Å². The quantitative estimate of drug-likeness (QED) is 0.444. The van der Waals surface area contributed by atoms with Crippen LogP contribution in [0.4, 0.5) is 0 Å². The first-order valence-electron chi connectivity index (χ1n) is 12.5. The van der Waals surface area contributed by atoms with Crippen LogP contribution in [0, 0.1) is 45.8 Å². The van der Waals surface area contributed by atoms with Gasteiger partial charge in [-0.25, -0.2) is 0 Å². The van der Waals surface area contributed by atoms with Gasteiger partial charge in [0.1, 0.15) is 0 Å². The van der Waals surface area contributed by atoms with Gasteiger partial charge in [0.2, 0.25) is 0 Å². The predicted molar refractivity (Wildman–Crippen MR) is 123 cm³/mol. The van der Waals surface area contributed by atoms with Gasteiger partial charge in [-0.3, -0.25) is 4.79 Å². The summed E-state index contributed by atoms with van der Waals surface area (Å²) in [5, 5.41) is 0. The second-order valence-corrected chi connectivity index (χ2v) is 12.2. The third-order valence-corrected chi connectivity index (χ3v) is 10.6. The second kappa shape index (κ2) is 7.38. The van der Waals surface area contributed by atoms with E-state index in [4.69, 9.17) is 0 Å². The normalized spacial score (nSPS) is 45.7. The Labute approximate surface area is 179 Å². The van der Waals surface area contributed by atoms with Crippen molar-refractivity contribution in [1.82, 2.24) is 0 Å². The smallest absolute Gasteiger partial charge is 0.155 e. The summed E-state index contributed by atoms with van der Waals surface area (Å²) in [6.45, 7) is 15.0. The average Bonchev–Trinajstić information content (AvgIpc) is 2.93. The van der Waals surface area contributed by atoms with Gasteiger partial charge >= 0.3 is 0 Å². The molecular weight excluding hydrogens is 352 g/mol. The standard InChI is InChI=1S/C28H44O/c1-19(2)8-7-9-20(3)23-13-16-28(6)25-11-10-21-18-22(29)12-15-26(21,4)24(25)14-17-27(23,28)5/h7,9,18-20,23-25H,8,10-17H2,1-6H3. The molecule has 3 saturated carbocycles. The van der Waals surface area contributed by atoms with E-state index in [0.717, 1.165) is 36.5 Å². The maximum absolute atomic E-state index is 12.1. The molecule has 0 aromatic heterocycles. The molecule has 29 heavy (non-hydrogen) atoms. The molecule has 0 amide bonds. The zero-order chi connectivity index (χ0) is 21.0. The van der Waals surface area contributed by atoms with Gasteiger partial charge in [-0.05, 0) is 103 Å². The Morgan fingerprint density at radius 2 is 1.69 bits per heavy atom. The summed E-state index contributed by atoms with van der Waals surface area (Å²) in [6.07, 6.45) is 18.2. The van der Waals surface area contributed by atoms with Crippen LogP contribution in [0.2, 0.25) is 0 Å². The molecule has 7 atom stereocenters. The van der Waals surface area contributed by atoms with E-state index in [1.54, 1.807) is 0 Å². The lowest BCUT2D eigenvalue weighted by molar-refractivity contribution is -0.125. The first kappa shape index (κ1) is 21.4. The molecule has 0 aromatic rings. The van der Waals surface area contributed by atoms with Crippen molar-refractivity contribution in [2.45, 2.75) is 99.3 Å². The summed E-state index contributed by atoms with van der Waals surface area (Å²) in [5.74, 6) is 4.29. The van der Waals surface area contributed by atoms with Crippen molar-refractivity contribution in [3.05, 3.63) is 23.8 Å². The molecule has 162 valence electrons. The van der Waals surface area contributed by atoms with Crippen LogP contribution < -0.4 is 0 Å².